The number of hydrogen-bond donors (Lipinski definition) is 0. The topological polar surface area (TPSA) is 64.5 Å². The second-order valence-electron chi connectivity index (χ2n) is 11.5. The molecule has 3 heterocycles. The molecule has 0 aliphatic rings. The Bertz CT molecular complexity index is 2040. The summed E-state index contributed by atoms with van der Waals surface area (Å²) in [7, 11) is 0. The fourth-order valence-corrected chi connectivity index (χ4v) is 5.87. The zero-order chi connectivity index (χ0) is 32.1. The van der Waals surface area contributed by atoms with Crippen molar-refractivity contribution < 1.29 is 0 Å². The average Bonchev–Trinajstić information content (AvgIpc) is 3.19. The van der Waals surface area contributed by atoms with Crippen LogP contribution in [0, 0.1) is 0 Å². The fraction of sp³-hybridized carbons (Fsp3) is 0. The van der Waals surface area contributed by atoms with E-state index in [1.807, 2.05) is 30.3 Å². The van der Waals surface area contributed by atoms with Crippen molar-refractivity contribution in [3.05, 3.63) is 176 Å². The van der Waals surface area contributed by atoms with Crippen LogP contribution in [-0.4, -0.2) is 24.9 Å². The zero-order valence-corrected chi connectivity index (χ0v) is 26.0. The molecule has 0 aliphatic heterocycles. The molecule has 5 heteroatoms. The maximum atomic E-state index is 4.91. The molecule has 8 aromatic rings. The predicted octanol–water partition coefficient (Wildman–Crippen LogP) is 10.3. The van der Waals surface area contributed by atoms with E-state index in [0.29, 0.717) is 17.5 Å². The maximum Gasteiger partial charge on any atom is 0.164 e. The van der Waals surface area contributed by atoms with Crippen molar-refractivity contribution in [2.75, 3.05) is 0 Å². The van der Waals surface area contributed by atoms with E-state index in [1.165, 1.54) is 22.3 Å². The van der Waals surface area contributed by atoms with Gasteiger partial charge in [0, 0.05) is 41.5 Å². The van der Waals surface area contributed by atoms with Crippen LogP contribution < -0.4 is 0 Å². The molecule has 0 atom stereocenters. The molecular formula is C43H29N5. The van der Waals surface area contributed by atoms with Gasteiger partial charge in [0.2, 0.25) is 0 Å². The molecule has 226 valence electrons. The van der Waals surface area contributed by atoms with Crippen LogP contribution in [0.25, 0.3) is 78.7 Å². The van der Waals surface area contributed by atoms with E-state index in [4.69, 9.17) is 15.0 Å². The van der Waals surface area contributed by atoms with E-state index in [1.54, 1.807) is 24.8 Å². The molecule has 0 bridgehead atoms. The maximum absolute atomic E-state index is 4.91. The zero-order valence-electron chi connectivity index (χ0n) is 26.0. The van der Waals surface area contributed by atoms with Gasteiger partial charge in [0.15, 0.2) is 17.5 Å². The van der Waals surface area contributed by atoms with Gasteiger partial charge in [-0.1, -0.05) is 97.1 Å². The minimum atomic E-state index is 0.592. The normalized spacial score (nSPS) is 10.9. The van der Waals surface area contributed by atoms with Crippen LogP contribution >= 0.6 is 0 Å². The highest BCUT2D eigenvalue weighted by atomic mass is 15.0. The van der Waals surface area contributed by atoms with Crippen molar-refractivity contribution in [2.45, 2.75) is 0 Å². The van der Waals surface area contributed by atoms with Gasteiger partial charge in [-0.3, -0.25) is 9.97 Å². The summed E-state index contributed by atoms with van der Waals surface area (Å²) in [5, 5.41) is 0. The largest absolute Gasteiger partial charge is 0.265 e. The van der Waals surface area contributed by atoms with Crippen LogP contribution in [0.2, 0.25) is 0 Å². The summed E-state index contributed by atoms with van der Waals surface area (Å²) in [5.74, 6) is 1.79. The van der Waals surface area contributed by atoms with Crippen LogP contribution in [0.3, 0.4) is 0 Å². The quantitative estimate of drug-likeness (QED) is 0.178. The van der Waals surface area contributed by atoms with Gasteiger partial charge in [0.1, 0.15) is 0 Å². The number of aromatic nitrogens is 5. The third-order valence-electron chi connectivity index (χ3n) is 8.31. The third-order valence-corrected chi connectivity index (χ3v) is 8.31. The molecule has 8 rings (SSSR count). The van der Waals surface area contributed by atoms with E-state index in [9.17, 15) is 0 Å². The van der Waals surface area contributed by atoms with Gasteiger partial charge in [-0.2, -0.15) is 0 Å². The van der Waals surface area contributed by atoms with Crippen molar-refractivity contribution in [3.8, 4) is 78.7 Å². The molecule has 3 aromatic heterocycles. The Labute approximate surface area is 279 Å². The number of rotatable bonds is 7. The van der Waals surface area contributed by atoms with Crippen molar-refractivity contribution in [1.82, 2.24) is 24.9 Å². The van der Waals surface area contributed by atoms with Crippen molar-refractivity contribution >= 4 is 0 Å². The minimum Gasteiger partial charge on any atom is -0.265 e. The molecule has 0 unspecified atom stereocenters. The summed E-state index contributed by atoms with van der Waals surface area (Å²) < 4.78 is 0. The highest BCUT2D eigenvalue weighted by molar-refractivity contribution is 5.83. The summed E-state index contributed by atoms with van der Waals surface area (Å²) in [5.41, 5.74) is 11.9. The highest BCUT2D eigenvalue weighted by Crippen LogP contribution is 2.35. The number of hydrogen-bond acceptors (Lipinski definition) is 5. The Morgan fingerprint density at radius 2 is 0.542 bits per heavy atom. The van der Waals surface area contributed by atoms with Crippen molar-refractivity contribution in [1.29, 1.82) is 0 Å². The summed E-state index contributed by atoms with van der Waals surface area (Å²) in [6.45, 7) is 0. The summed E-state index contributed by atoms with van der Waals surface area (Å²) in [6.07, 6.45) is 6.99. The molecule has 0 saturated carbocycles. The van der Waals surface area contributed by atoms with Crippen molar-refractivity contribution in [3.63, 3.8) is 0 Å². The summed E-state index contributed by atoms with van der Waals surface area (Å²) in [6, 6.07) is 52.7. The second-order valence-corrected chi connectivity index (χ2v) is 11.5. The first-order valence-corrected chi connectivity index (χ1v) is 15.8. The first-order chi connectivity index (χ1) is 23.8. The van der Waals surface area contributed by atoms with E-state index in [2.05, 4.69) is 131 Å². The lowest BCUT2D eigenvalue weighted by Crippen LogP contribution is -2.00. The second kappa shape index (κ2) is 13.0. The molecule has 5 nitrogen and oxygen atoms in total. The molecule has 48 heavy (non-hydrogen) atoms. The summed E-state index contributed by atoms with van der Waals surface area (Å²) >= 11 is 0. The van der Waals surface area contributed by atoms with Crippen LogP contribution in [-0.2, 0) is 0 Å². The van der Waals surface area contributed by atoms with Gasteiger partial charge in [-0.25, -0.2) is 15.0 Å². The van der Waals surface area contributed by atoms with E-state index in [0.717, 1.165) is 38.9 Å². The molecule has 0 saturated heterocycles. The molecule has 0 aliphatic carbocycles. The van der Waals surface area contributed by atoms with Crippen LogP contribution in [0.5, 0.6) is 0 Å². The van der Waals surface area contributed by atoms with Gasteiger partial charge in [0.05, 0.1) is 0 Å². The number of pyridine rings is 2. The Hall–Kier alpha value is -6.59. The Morgan fingerprint density at radius 1 is 0.229 bits per heavy atom. The SMILES string of the molecule is c1ccc(-c2cc(-c3ccccc3)cc(-c3cccc(-c4cccc(-c5nc(-c6ccncc6)nc(-c6ccncc6)n5)c4)c3)c2)cc1. The minimum absolute atomic E-state index is 0.592. The van der Waals surface area contributed by atoms with Crippen LogP contribution in [0.15, 0.2) is 176 Å². The molecule has 0 fully saturated rings. The monoisotopic (exact) mass is 615 g/mol. The third kappa shape index (κ3) is 6.13. The first-order valence-electron chi connectivity index (χ1n) is 15.8. The Morgan fingerprint density at radius 3 is 1.00 bits per heavy atom. The first kappa shape index (κ1) is 28.9. The van der Waals surface area contributed by atoms with E-state index in [-0.39, 0.29) is 0 Å². The predicted molar refractivity (Wildman–Crippen MR) is 193 cm³/mol. The molecule has 0 N–H and O–H groups in total. The fourth-order valence-electron chi connectivity index (χ4n) is 5.87. The average molecular weight is 616 g/mol. The van der Waals surface area contributed by atoms with Gasteiger partial charge >= 0.3 is 0 Å². The lowest BCUT2D eigenvalue weighted by Gasteiger charge is -2.13. The number of nitrogens with zero attached hydrogens (tertiary/aromatic N) is 5. The van der Waals surface area contributed by atoms with Gasteiger partial charge in [-0.15, -0.1) is 0 Å². The molecular weight excluding hydrogens is 587 g/mol. The molecule has 0 spiro atoms. The summed E-state index contributed by atoms with van der Waals surface area (Å²) in [4.78, 5) is 23.0. The van der Waals surface area contributed by atoms with E-state index < -0.39 is 0 Å². The van der Waals surface area contributed by atoms with Crippen molar-refractivity contribution in [2.24, 2.45) is 0 Å². The molecule has 0 amide bonds. The smallest absolute Gasteiger partial charge is 0.164 e. The van der Waals surface area contributed by atoms with Crippen LogP contribution in [0.1, 0.15) is 0 Å². The standard InChI is InChI=1S/C43H29N5/c1-3-9-30(10-4-1)38-27-39(31-11-5-2-6-12-31)29-40(28-38)36-15-7-13-34(25-36)35-14-8-16-37(26-35)43-47-41(32-17-21-44-22-18-32)46-42(48-43)33-19-23-45-24-20-33/h1-29H. The Balaban J connectivity index is 1.21. The lowest BCUT2D eigenvalue weighted by molar-refractivity contribution is 1.07. The number of benzene rings is 5. The molecule has 0 radical (unpaired) electrons. The van der Waals surface area contributed by atoms with E-state index >= 15 is 0 Å². The lowest BCUT2D eigenvalue weighted by atomic mass is 9.92. The van der Waals surface area contributed by atoms with Gasteiger partial charge in [-0.05, 0) is 99.1 Å². The molecule has 5 aromatic carbocycles. The van der Waals surface area contributed by atoms with Gasteiger partial charge in [0.25, 0.3) is 0 Å². The Kier molecular flexibility index (Phi) is 7.83. The van der Waals surface area contributed by atoms with Gasteiger partial charge < -0.3 is 0 Å². The highest BCUT2D eigenvalue weighted by Gasteiger charge is 2.14. The van der Waals surface area contributed by atoms with Crippen LogP contribution in [0.4, 0.5) is 0 Å².